The standard InChI is InChI=1S/C14H18N2O4/c1-10(14(17)16-4-5-18-2)20-13-7-11(9-15)6-12(8-13)19-3/h6-8,10H,4-5H2,1-3H3,(H,16,17). The number of benzene rings is 1. The normalized spacial score (nSPS) is 11.3. The van der Waals surface area contributed by atoms with Crippen molar-refractivity contribution < 1.29 is 19.0 Å². The van der Waals surface area contributed by atoms with Crippen LogP contribution in [0.25, 0.3) is 0 Å². The number of ether oxygens (including phenoxy) is 3. The summed E-state index contributed by atoms with van der Waals surface area (Å²) in [6.45, 7) is 2.49. The second kappa shape index (κ2) is 8.02. The fourth-order valence-electron chi connectivity index (χ4n) is 1.50. The van der Waals surface area contributed by atoms with Crippen LogP contribution in [0, 0.1) is 11.3 Å². The minimum atomic E-state index is -0.675. The van der Waals surface area contributed by atoms with E-state index in [0.717, 1.165) is 0 Å². The number of carbonyl (C=O) groups excluding carboxylic acids is 1. The van der Waals surface area contributed by atoms with Gasteiger partial charge in [-0.15, -0.1) is 0 Å². The topological polar surface area (TPSA) is 80.6 Å². The lowest BCUT2D eigenvalue weighted by atomic mass is 10.2. The summed E-state index contributed by atoms with van der Waals surface area (Å²) in [7, 11) is 3.06. The molecule has 0 bridgehead atoms. The number of nitrogens with zero attached hydrogens (tertiary/aromatic N) is 1. The van der Waals surface area contributed by atoms with Gasteiger partial charge in [0.25, 0.3) is 5.91 Å². The van der Waals surface area contributed by atoms with Gasteiger partial charge in [0.15, 0.2) is 6.10 Å². The molecule has 6 nitrogen and oxygen atoms in total. The number of nitrogens with one attached hydrogen (secondary N) is 1. The van der Waals surface area contributed by atoms with Crippen LogP contribution in [-0.4, -0.2) is 39.4 Å². The number of hydrogen-bond donors (Lipinski definition) is 1. The molecule has 1 unspecified atom stereocenters. The van der Waals surface area contributed by atoms with E-state index >= 15 is 0 Å². The Morgan fingerprint density at radius 3 is 2.65 bits per heavy atom. The fraction of sp³-hybridized carbons (Fsp3) is 0.429. The molecule has 0 aliphatic heterocycles. The molecule has 1 N–H and O–H groups in total. The first-order valence-electron chi connectivity index (χ1n) is 6.13. The summed E-state index contributed by atoms with van der Waals surface area (Å²) in [6, 6.07) is 6.78. The quantitative estimate of drug-likeness (QED) is 0.755. The minimum Gasteiger partial charge on any atom is -0.497 e. The molecule has 20 heavy (non-hydrogen) atoms. The Hall–Kier alpha value is -2.26. The molecule has 0 saturated carbocycles. The summed E-state index contributed by atoms with van der Waals surface area (Å²) in [5.74, 6) is 0.671. The maximum Gasteiger partial charge on any atom is 0.260 e. The SMILES string of the molecule is COCCNC(=O)C(C)Oc1cc(C#N)cc(OC)c1. The summed E-state index contributed by atoms with van der Waals surface area (Å²) in [5, 5.41) is 11.6. The van der Waals surface area contributed by atoms with Gasteiger partial charge in [0, 0.05) is 19.7 Å². The zero-order chi connectivity index (χ0) is 15.0. The third-order valence-electron chi connectivity index (χ3n) is 2.53. The highest BCUT2D eigenvalue weighted by Gasteiger charge is 2.15. The van der Waals surface area contributed by atoms with Gasteiger partial charge in [-0.1, -0.05) is 0 Å². The van der Waals surface area contributed by atoms with E-state index < -0.39 is 6.10 Å². The van der Waals surface area contributed by atoms with Crippen LogP contribution in [0.3, 0.4) is 0 Å². The predicted octanol–water partition coefficient (Wildman–Crippen LogP) is 1.10. The highest BCUT2D eigenvalue weighted by atomic mass is 16.5. The van der Waals surface area contributed by atoms with Crippen molar-refractivity contribution >= 4 is 5.91 Å². The molecule has 1 atom stereocenters. The molecule has 0 fully saturated rings. The zero-order valence-electron chi connectivity index (χ0n) is 11.8. The highest BCUT2D eigenvalue weighted by Crippen LogP contribution is 2.23. The number of rotatable bonds is 7. The molecule has 0 spiro atoms. The van der Waals surface area contributed by atoms with Crippen LogP contribution >= 0.6 is 0 Å². The molecule has 0 saturated heterocycles. The van der Waals surface area contributed by atoms with E-state index in [4.69, 9.17) is 19.5 Å². The van der Waals surface area contributed by atoms with Gasteiger partial charge in [0.2, 0.25) is 0 Å². The van der Waals surface area contributed by atoms with Crippen LogP contribution in [0.5, 0.6) is 11.5 Å². The van der Waals surface area contributed by atoms with Crippen molar-refractivity contribution in [2.75, 3.05) is 27.4 Å². The van der Waals surface area contributed by atoms with Gasteiger partial charge in [-0.25, -0.2) is 0 Å². The van der Waals surface area contributed by atoms with Gasteiger partial charge in [0.05, 0.1) is 25.3 Å². The molecule has 1 aromatic carbocycles. The Balaban J connectivity index is 2.67. The molecule has 6 heteroatoms. The second-order valence-corrected chi connectivity index (χ2v) is 4.05. The average molecular weight is 278 g/mol. The van der Waals surface area contributed by atoms with E-state index in [1.807, 2.05) is 6.07 Å². The Morgan fingerprint density at radius 1 is 1.35 bits per heavy atom. The van der Waals surface area contributed by atoms with Crippen molar-refractivity contribution in [1.82, 2.24) is 5.32 Å². The van der Waals surface area contributed by atoms with Gasteiger partial charge >= 0.3 is 0 Å². The van der Waals surface area contributed by atoms with Crippen LogP contribution in [0.1, 0.15) is 12.5 Å². The van der Waals surface area contributed by atoms with Crippen LogP contribution in [0.2, 0.25) is 0 Å². The second-order valence-electron chi connectivity index (χ2n) is 4.05. The van der Waals surface area contributed by atoms with E-state index in [9.17, 15) is 4.79 Å². The Labute approximate surface area is 118 Å². The molecule has 108 valence electrons. The summed E-state index contributed by atoms with van der Waals surface area (Å²) < 4.78 is 15.4. The zero-order valence-corrected chi connectivity index (χ0v) is 11.8. The minimum absolute atomic E-state index is 0.247. The Bertz CT molecular complexity index is 496. The fourth-order valence-corrected chi connectivity index (χ4v) is 1.50. The third kappa shape index (κ3) is 4.78. The van der Waals surface area contributed by atoms with Crippen molar-refractivity contribution in [3.05, 3.63) is 23.8 Å². The number of nitriles is 1. The van der Waals surface area contributed by atoms with Gasteiger partial charge in [0.1, 0.15) is 11.5 Å². The van der Waals surface area contributed by atoms with E-state index in [1.165, 1.54) is 7.11 Å². The molecule has 0 aromatic heterocycles. The summed E-state index contributed by atoms with van der Waals surface area (Å²) in [4.78, 5) is 11.7. The van der Waals surface area contributed by atoms with Crippen molar-refractivity contribution in [3.8, 4) is 17.6 Å². The summed E-state index contributed by atoms with van der Waals surface area (Å²) in [6.07, 6.45) is -0.675. The van der Waals surface area contributed by atoms with E-state index in [2.05, 4.69) is 5.32 Å². The first-order chi connectivity index (χ1) is 9.60. The number of carbonyl (C=O) groups is 1. The van der Waals surface area contributed by atoms with Crippen LogP contribution in [-0.2, 0) is 9.53 Å². The van der Waals surface area contributed by atoms with Crippen LogP contribution < -0.4 is 14.8 Å². The average Bonchev–Trinajstić information content (AvgIpc) is 2.46. The summed E-state index contributed by atoms with van der Waals surface area (Å²) >= 11 is 0. The summed E-state index contributed by atoms with van der Waals surface area (Å²) in [5.41, 5.74) is 0.409. The lowest BCUT2D eigenvalue weighted by Gasteiger charge is -2.15. The van der Waals surface area contributed by atoms with Gasteiger partial charge in [-0.3, -0.25) is 4.79 Å². The van der Waals surface area contributed by atoms with Gasteiger partial charge < -0.3 is 19.5 Å². The first kappa shape index (κ1) is 15.8. The van der Waals surface area contributed by atoms with Crippen molar-refractivity contribution in [2.24, 2.45) is 0 Å². The lowest BCUT2D eigenvalue weighted by Crippen LogP contribution is -2.37. The van der Waals surface area contributed by atoms with Crippen molar-refractivity contribution in [2.45, 2.75) is 13.0 Å². The lowest BCUT2D eigenvalue weighted by molar-refractivity contribution is -0.127. The highest BCUT2D eigenvalue weighted by molar-refractivity contribution is 5.80. The molecule has 0 radical (unpaired) electrons. The number of hydrogen-bond acceptors (Lipinski definition) is 5. The molecule has 0 aliphatic carbocycles. The van der Waals surface area contributed by atoms with Gasteiger partial charge in [-0.05, 0) is 19.1 Å². The largest absolute Gasteiger partial charge is 0.497 e. The molecular weight excluding hydrogens is 260 g/mol. The Kier molecular flexibility index (Phi) is 6.33. The molecule has 0 heterocycles. The first-order valence-corrected chi connectivity index (χ1v) is 6.13. The van der Waals surface area contributed by atoms with Crippen LogP contribution in [0.15, 0.2) is 18.2 Å². The number of amides is 1. The van der Waals surface area contributed by atoms with Crippen molar-refractivity contribution in [1.29, 1.82) is 5.26 Å². The van der Waals surface area contributed by atoms with Gasteiger partial charge in [-0.2, -0.15) is 5.26 Å². The Morgan fingerprint density at radius 2 is 2.05 bits per heavy atom. The van der Waals surface area contributed by atoms with Crippen molar-refractivity contribution in [3.63, 3.8) is 0 Å². The van der Waals surface area contributed by atoms with E-state index in [1.54, 1.807) is 32.2 Å². The van der Waals surface area contributed by atoms with Crippen LogP contribution in [0.4, 0.5) is 0 Å². The third-order valence-corrected chi connectivity index (χ3v) is 2.53. The molecule has 1 aromatic rings. The number of methoxy groups -OCH3 is 2. The maximum absolute atomic E-state index is 11.7. The molecular formula is C14H18N2O4. The molecule has 1 amide bonds. The van der Waals surface area contributed by atoms with E-state index in [-0.39, 0.29) is 5.91 Å². The predicted molar refractivity (Wildman–Crippen MR) is 72.7 cm³/mol. The monoisotopic (exact) mass is 278 g/mol. The molecule has 1 rings (SSSR count). The van der Waals surface area contributed by atoms with E-state index in [0.29, 0.717) is 30.2 Å². The molecule has 0 aliphatic rings. The maximum atomic E-state index is 11.7. The smallest absolute Gasteiger partial charge is 0.260 e.